The topological polar surface area (TPSA) is 79.9 Å². The monoisotopic (exact) mass is 473 g/mol. The van der Waals surface area contributed by atoms with E-state index in [1.807, 2.05) is 31.3 Å². The lowest BCUT2D eigenvalue weighted by molar-refractivity contribution is -0.137. The summed E-state index contributed by atoms with van der Waals surface area (Å²) in [5.74, 6) is 0. The molecule has 0 amide bonds. The molecule has 0 aliphatic heterocycles. The Morgan fingerprint density at radius 1 is 1.12 bits per heavy atom. The van der Waals surface area contributed by atoms with E-state index in [-0.39, 0.29) is 0 Å². The minimum atomic E-state index is -4.66. The van der Waals surface area contributed by atoms with Gasteiger partial charge in [-0.2, -0.15) is 31.1 Å². The molecule has 0 bridgehead atoms. The second-order valence-electron chi connectivity index (χ2n) is 7.23. The largest absolute Gasteiger partial charge is 0.416 e. The fourth-order valence-electron chi connectivity index (χ4n) is 3.25. The van der Waals surface area contributed by atoms with Crippen LogP contribution in [0.15, 0.2) is 77.2 Å². The first kappa shape index (κ1) is 22.5. The molecule has 0 aliphatic carbocycles. The minimum Gasteiger partial charge on any atom is -0.298 e. The second kappa shape index (κ2) is 8.32. The van der Waals surface area contributed by atoms with Gasteiger partial charge in [-0.05, 0) is 42.8 Å². The van der Waals surface area contributed by atoms with Gasteiger partial charge in [0.25, 0.3) is 10.0 Å². The Morgan fingerprint density at radius 3 is 2.61 bits per heavy atom. The van der Waals surface area contributed by atoms with E-state index in [1.165, 1.54) is 12.4 Å². The maximum atomic E-state index is 13.0. The third kappa shape index (κ3) is 4.44. The molecule has 4 aromatic rings. The number of hydrazone groups is 1. The average Bonchev–Trinajstić information content (AvgIpc) is 3.18. The molecular formula is C22H18F3N5O2S. The Kier molecular flexibility index (Phi) is 5.66. The van der Waals surface area contributed by atoms with E-state index < -0.39 is 26.7 Å². The van der Waals surface area contributed by atoms with Gasteiger partial charge < -0.3 is 0 Å². The van der Waals surface area contributed by atoms with Crippen LogP contribution in [0, 0.1) is 6.92 Å². The number of hydrogen-bond acceptors (Lipinski definition) is 5. The van der Waals surface area contributed by atoms with Gasteiger partial charge in [0.1, 0.15) is 5.65 Å². The van der Waals surface area contributed by atoms with Crippen molar-refractivity contribution in [2.24, 2.45) is 5.10 Å². The van der Waals surface area contributed by atoms with Gasteiger partial charge in [-0.15, -0.1) is 0 Å². The van der Waals surface area contributed by atoms with Crippen LogP contribution in [0.5, 0.6) is 0 Å². The molecule has 4 rings (SSSR count). The SMILES string of the molecule is Cc1cc2ncc(/C=N/N(C)S(=O)(=O)c3cccc(C(F)(F)F)c3)n2cc1-c1cccnc1. The minimum absolute atomic E-state index is 0.487. The quantitative estimate of drug-likeness (QED) is 0.318. The van der Waals surface area contributed by atoms with E-state index in [0.29, 0.717) is 21.8 Å². The zero-order valence-electron chi connectivity index (χ0n) is 17.5. The first-order valence-electron chi connectivity index (χ1n) is 9.65. The number of hydrogen-bond donors (Lipinski definition) is 0. The van der Waals surface area contributed by atoms with Gasteiger partial charge in [-0.25, -0.2) is 4.98 Å². The van der Waals surface area contributed by atoms with Crippen LogP contribution in [0.4, 0.5) is 13.2 Å². The fourth-order valence-corrected chi connectivity index (χ4v) is 4.25. The Labute approximate surface area is 187 Å². The van der Waals surface area contributed by atoms with Crippen molar-refractivity contribution in [3.05, 3.63) is 84.1 Å². The van der Waals surface area contributed by atoms with Crippen molar-refractivity contribution in [2.45, 2.75) is 18.0 Å². The Bertz CT molecular complexity index is 1450. The molecule has 3 heterocycles. The highest BCUT2D eigenvalue weighted by molar-refractivity contribution is 7.89. The van der Waals surface area contributed by atoms with E-state index in [2.05, 4.69) is 15.1 Å². The molecular weight excluding hydrogens is 455 g/mol. The summed E-state index contributed by atoms with van der Waals surface area (Å²) in [5, 5.41) is 3.95. The van der Waals surface area contributed by atoms with Crippen LogP contribution in [0.1, 0.15) is 16.8 Å². The lowest BCUT2D eigenvalue weighted by Crippen LogP contribution is -2.22. The Hall–Kier alpha value is -3.73. The van der Waals surface area contributed by atoms with Crippen LogP contribution in [-0.2, 0) is 16.2 Å². The number of rotatable bonds is 5. The van der Waals surface area contributed by atoms with Crippen LogP contribution >= 0.6 is 0 Å². The molecule has 7 nitrogen and oxygen atoms in total. The molecule has 0 N–H and O–H groups in total. The highest BCUT2D eigenvalue weighted by Crippen LogP contribution is 2.31. The molecule has 0 unspecified atom stereocenters. The lowest BCUT2D eigenvalue weighted by Gasteiger charge is -2.15. The summed E-state index contributed by atoms with van der Waals surface area (Å²) in [6, 6.07) is 9.14. The zero-order chi connectivity index (χ0) is 23.8. The molecule has 3 aromatic heterocycles. The molecule has 0 saturated heterocycles. The summed E-state index contributed by atoms with van der Waals surface area (Å²) >= 11 is 0. The number of aryl methyl sites for hydroxylation is 1. The first-order chi connectivity index (χ1) is 15.6. The van der Waals surface area contributed by atoms with Crippen molar-refractivity contribution in [1.29, 1.82) is 0 Å². The smallest absolute Gasteiger partial charge is 0.298 e. The summed E-state index contributed by atoms with van der Waals surface area (Å²) in [4.78, 5) is 7.94. The molecule has 0 saturated carbocycles. The number of halogens is 3. The Morgan fingerprint density at radius 2 is 1.91 bits per heavy atom. The fraction of sp³-hybridized carbons (Fsp3) is 0.136. The number of alkyl halides is 3. The second-order valence-corrected chi connectivity index (χ2v) is 9.18. The number of aromatic nitrogens is 3. The van der Waals surface area contributed by atoms with Gasteiger partial charge in [0.05, 0.1) is 28.6 Å². The molecule has 0 fully saturated rings. The summed E-state index contributed by atoms with van der Waals surface area (Å²) in [5.41, 5.74) is 2.85. The summed E-state index contributed by atoms with van der Waals surface area (Å²) in [6.45, 7) is 1.94. The zero-order valence-corrected chi connectivity index (χ0v) is 18.3. The first-order valence-corrected chi connectivity index (χ1v) is 11.1. The van der Waals surface area contributed by atoms with Gasteiger partial charge in [0.2, 0.25) is 0 Å². The number of fused-ring (bicyclic) bond motifs is 1. The summed E-state index contributed by atoms with van der Waals surface area (Å²) in [7, 11) is -3.14. The third-order valence-electron chi connectivity index (χ3n) is 5.01. The van der Waals surface area contributed by atoms with Crippen LogP contribution in [0.3, 0.4) is 0 Å². The molecule has 0 spiro atoms. The van der Waals surface area contributed by atoms with Crippen molar-refractivity contribution in [1.82, 2.24) is 18.8 Å². The molecule has 1 aromatic carbocycles. The van der Waals surface area contributed by atoms with Gasteiger partial charge >= 0.3 is 6.18 Å². The summed E-state index contributed by atoms with van der Waals surface area (Å²) in [6.07, 6.45) is 3.40. The third-order valence-corrected chi connectivity index (χ3v) is 6.65. The van der Waals surface area contributed by atoms with Crippen LogP contribution in [0.2, 0.25) is 0 Å². The van der Waals surface area contributed by atoms with E-state index >= 15 is 0 Å². The number of pyridine rings is 2. The standard InChI is InChI=1S/C22H18F3N5O2S/c1-15-9-21-27-12-18(30(21)14-20(15)16-5-4-8-26-11-16)13-28-29(2)33(31,32)19-7-3-6-17(10-19)22(23,24)25/h3-14H,1-2H3/b28-13+. The number of imidazole rings is 1. The van der Waals surface area contributed by atoms with Crippen molar-refractivity contribution < 1.29 is 21.6 Å². The van der Waals surface area contributed by atoms with Gasteiger partial charge in [-0.1, -0.05) is 12.1 Å². The predicted octanol–water partition coefficient (Wildman–Crippen LogP) is 4.38. The number of sulfonamides is 1. The predicted molar refractivity (Wildman–Crippen MR) is 117 cm³/mol. The molecule has 0 radical (unpaired) electrons. The molecule has 0 atom stereocenters. The van der Waals surface area contributed by atoms with Crippen LogP contribution in [0.25, 0.3) is 16.8 Å². The number of benzene rings is 1. The van der Waals surface area contributed by atoms with E-state index in [1.54, 1.807) is 16.8 Å². The molecule has 33 heavy (non-hydrogen) atoms. The highest BCUT2D eigenvalue weighted by Gasteiger charge is 2.32. The van der Waals surface area contributed by atoms with Crippen molar-refractivity contribution in [3.8, 4) is 11.1 Å². The highest BCUT2D eigenvalue weighted by atomic mass is 32.2. The average molecular weight is 473 g/mol. The number of nitrogens with zero attached hydrogens (tertiary/aromatic N) is 5. The van der Waals surface area contributed by atoms with Gasteiger partial charge in [-0.3, -0.25) is 9.38 Å². The maximum absolute atomic E-state index is 13.0. The Balaban J connectivity index is 1.67. The van der Waals surface area contributed by atoms with Gasteiger partial charge in [0.15, 0.2) is 0 Å². The summed E-state index contributed by atoms with van der Waals surface area (Å²) < 4.78 is 66.7. The van der Waals surface area contributed by atoms with Crippen molar-refractivity contribution >= 4 is 21.9 Å². The van der Waals surface area contributed by atoms with Crippen molar-refractivity contribution in [2.75, 3.05) is 7.05 Å². The molecule has 11 heteroatoms. The molecule has 0 aliphatic rings. The van der Waals surface area contributed by atoms with Gasteiger partial charge in [0, 0.05) is 36.8 Å². The maximum Gasteiger partial charge on any atom is 0.416 e. The molecule has 170 valence electrons. The lowest BCUT2D eigenvalue weighted by atomic mass is 10.1. The van der Waals surface area contributed by atoms with E-state index in [0.717, 1.165) is 41.9 Å². The van der Waals surface area contributed by atoms with Crippen LogP contribution in [-0.4, -0.2) is 40.5 Å². The normalized spacial score (nSPS) is 12.5. The van der Waals surface area contributed by atoms with E-state index in [9.17, 15) is 21.6 Å². The van der Waals surface area contributed by atoms with E-state index in [4.69, 9.17) is 0 Å². The van der Waals surface area contributed by atoms with Crippen molar-refractivity contribution in [3.63, 3.8) is 0 Å². The van der Waals surface area contributed by atoms with Crippen LogP contribution < -0.4 is 0 Å².